The quantitative estimate of drug-likeness (QED) is 0.648. The molecule has 1 rings (SSSR count). The minimum atomic E-state index is -0.186. The number of rotatable bonds is 3. The second-order valence-electron chi connectivity index (χ2n) is 3.37. The number of esters is 1. The molecule has 0 aromatic heterocycles. The summed E-state index contributed by atoms with van der Waals surface area (Å²) in [6.07, 6.45) is 4.07. The van der Waals surface area contributed by atoms with E-state index < -0.39 is 0 Å². The van der Waals surface area contributed by atoms with Crippen molar-refractivity contribution < 1.29 is 14.6 Å². The van der Waals surface area contributed by atoms with Gasteiger partial charge in [0.15, 0.2) is 0 Å². The van der Waals surface area contributed by atoms with Gasteiger partial charge in [-0.2, -0.15) is 0 Å². The highest BCUT2D eigenvalue weighted by atomic mass is 16.5. The fourth-order valence-electron chi connectivity index (χ4n) is 1.76. The smallest absolute Gasteiger partial charge is 0.305 e. The predicted molar refractivity (Wildman–Crippen MR) is 44.6 cm³/mol. The Bertz CT molecular complexity index is 156. The van der Waals surface area contributed by atoms with Gasteiger partial charge in [0.2, 0.25) is 0 Å². The highest BCUT2D eigenvalue weighted by Crippen LogP contribution is 2.29. The van der Waals surface area contributed by atoms with E-state index in [0.717, 1.165) is 25.7 Å². The lowest BCUT2D eigenvalue weighted by Gasteiger charge is -2.12. The Hall–Kier alpha value is -0.570. The van der Waals surface area contributed by atoms with Crippen LogP contribution in [-0.2, 0) is 9.53 Å². The van der Waals surface area contributed by atoms with Crippen LogP contribution in [0.25, 0.3) is 0 Å². The van der Waals surface area contributed by atoms with Gasteiger partial charge in [-0.25, -0.2) is 0 Å². The molecule has 0 radical (unpaired) electrons. The molecule has 1 fully saturated rings. The molecule has 0 amide bonds. The molecule has 0 bridgehead atoms. The number of methoxy groups -OCH3 is 1. The van der Waals surface area contributed by atoms with Gasteiger partial charge in [-0.05, 0) is 25.2 Å². The van der Waals surface area contributed by atoms with Crippen molar-refractivity contribution in [2.24, 2.45) is 5.92 Å². The maximum atomic E-state index is 10.8. The number of carbonyl (C=O) groups is 1. The molecular weight excluding hydrogens is 156 g/mol. The Morgan fingerprint density at radius 2 is 2.33 bits per heavy atom. The third-order valence-corrected chi connectivity index (χ3v) is 2.57. The van der Waals surface area contributed by atoms with E-state index in [1.807, 2.05) is 0 Å². The van der Waals surface area contributed by atoms with Crippen LogP contribution in [0, 0.1) is 5.92 Å². The highest BCUT2D eigenvalue weighted by Gasteiger charge is 2.25. The lowest BCUT2D eigenvalue weighted by atomic mass is 10.00. The standard InChI is InChI=1S/C9H16O3/c1-12-9(11)6-5-7-3-2-4-8(7)10/h7-8,10H,2-6H2,1H3/t7-,8+/m1/s1. The molecule has 0 saturated heterocycles. The molecular formula is C9H16O3. The predicted octanol–water partition coefficient (Wildman–Crippen LogP) is 1.10. The van der Waals surface area contributed by atoms with Crippen LogP contribution >= 0.6 is 0 Å². The molecule has 1 N–H and O–H groups in total. The molecule has 0 aromatic rings. The first-order valence-corrected chi connectivity index (χ1v) is 4.49. The molecule has 0 heterocycles. The first-order chi connectivity index (χ1) is 5.74. The van der Waals surface area contributed by atoms with Crippen molar-refractivity contribution in [2.75, 3.05) is 7.11 Å². The summed E-state index contributed by atoms with van der Waals surface area (Å²) in [6.45, 7) is 0. The van der Waals surface area contributed by atoms with Crippen molar-refractivity contribution >= 4 is 5.97 Å². The Kier molecular flexibility index (Phi) is 3.53. The summed E-state index contributed by atoms with van der Waals surface area (Å²) in [5, 5.41) is 9.42. The van der Waals surface area contributed by atoms with Crippen LogP contribution in [0.2, 0.25) is 0 Å². The molecule has 1 aliphatic rings. The van der Waals surface area contributed by atoms with E-state index >= 15 is 0 Å². The van der Waals surface area contributed by atoms with Gasteiger partial charge in [0, 0.05) is 6.42 Å². The summed E-state index contributed by atoms with van der Waals surface area (Å²) in [5.74, 6) is 0.151. The summed E-state index contributed by atoms with van der Waals surface area (Å²) in [6, 6.07) is 0. The number of aliphatic hydroxyl groups excluding tert-OH is 1. The Morgan fingerprint density at radius 3 is 2.83 bits per heavy atom. The van der Waals surface area contributed by atoms with Crippen LogP contribution < -0.4 is 0 Å². The Morgan fingerprint density at radius 1 is 1.58 bits per heavy atom. The maximum Gasteiger partial charge on any atom is 0.305 e. The Balaban J connectivity index is 2.18. The molecule has 2 atom stereocenters. The maximum absolute atomic E-state index is 10.8. The molecule has 1 aliphatic carbocycles. The number of hydrogen-bond acceptors (Lipinski definition) is 3. The molecule has 0 spiro atoms. The van der Waals surface area contributed by atoms with Gasteiger partial charge < -0.3 is 9.84 Å². The summed E-state index contributed by atoms with van der Waals surface area (Å²) in [7, 11) is 1.40. The summed E-state index contributed by atoms with van der Waals surface area (Å²) >= 11 is 0. The fourth-order valence-corrected chi connectivity index (χ4v) is 1.76. The molecule has 0 unspecified atom stereocenters. The first-order valence-electron chi connectivity index (χ1n) is 4.49. The lowest BCUT2D eigenvalue weighted by molar-refractivity contribution is -0.141. The van der Waals surface area contributed by atoms with Crippen molar-refractivity contribution in [3.8, 4) is 0 Å². The normalized spacial score (nSPS) is 28.8. The largest absolute Gasteiger partial charge is 0.469 e. The summed E-state index contributed by atoms with van der Waals surface area (Å²) < 4.78 is 4.52. The van der Waals surface area contributed by atoms with Crippen molar-refractivity contribution in [2.45, 2.75) is 38.2 Å². The Labute approximate surface area is 72.7 Å². The average Bonchev–Trinajstić information content (AvgIpc) is 2.47. The van der Waals surface area contributed by atoms with Crippen LogP contribution in [-0.4, -0.2) is 24.3 Å². The minimum absolute atomic E-state index is 0.172. The van der Waals surface area contributed by atoms with Crippen molar-refractivity contribution in [3.63, 3.8) is 0 Å². The molecule has 3 nitrogen and oxygen atoms in total. The van der Waals surface area contributed by atoms with Crippen molar-refractivity contribution in [1.82, 2.24) is 0 Å². The summed E-state index contributed by atoms with van der Waals surface area (Å²) in [4.78, 5) is 10.8. The zero-order valence-corrected chi connectivity index (χ0v) is 7.45. The molecule has 0 aromatic carbocycles. The van der Waals surface area contributed by atoms with E-state index in [1.165, 1.54) is 7.11 Å². The number of ether oxygens (including phenoxy) is 1. The lowest BCUT2D eigenvalue weighted by Crippen LogP contribution is -2.14. The van der Waals surface area contributed by atoms with Gasteiger partial charge in [0.05, 0.1) is 13.2 Å². The SMILES string of the molecule is COC(=O)CC[C@H]1CCC[C@@H]1O. The van der Waals surface area contributed by atoms with Crippen LogP contribution in [0.4, 0.5) is 0 Å². The van der Waals surface area contributed by atoms with E-state index in [2.05, 4.69) is 4.74 Å². The van der Waals surface area contributed by atoms with E-state index in [4.69, 9.17) is 0 Å². The number of hydrogen-bond donors (Lipinski definition) is 1. The van der Waals surface area contributed by atoms with E-state index in [-0.39, 0.29) is 12.1 Å². The average molecular weight is 172 g/mol. The summed E-state index contributed by atoms with van der Waals surface area (Å²) in [5.41, 5.74) is 0. The second kappa shape index (κ2) is 4.45. The zero-order valence-electron chi connectivity index (χ0n) is 7.45. The topological polar surface area (TPSA) is 46.5 Å². The molecule has 3 heteroatoms. The van der Waals surface area contributed by atoms with E-state index in [0.29, 0.717) is 12.3 Å². The fraction of sp³-hybridized carbons (Fsp3) is 0.889. The van der Waals surface area contributed by atoms with Crippen molar-refractivity contribution in [1.29, 1.82) is 0 Å². The van der Waals surface area contributed by atoms with Crippen LogP contribution in [0.3, 0.4) is 0 Å². The van der Waals surface area contributed by atoms with Gasteiger partial charge in [0.25, 0.3) is 0 Å². The van der Waals surface area contributed by atoms with Crippen LogP contribution in [0.15, 0.2) is 0 Å². The molecule has 1 saturated carbocycles. The molecule has 12 heavy (non-hydrogen) atoms. The van der Waals surface area contributed by atoms with Gasteiger partial charge in [-0.15, -0.1) is 0 Å². The highest BCUT2D eigenvalue weighted by molar-refractivity contribution is 5.69. The van der Waals surface area contributed by atoms with E-state index in [9.17, 15) is 9.90 Å². The monoisotopic (exact) mass is 172 g/mol. The third kappa shape index (κ3) is 2.48. The number of aliphatic hydroxyl groups is 1. The van der Waals surface area contributed by atoms with E-state index in [1.54, 1.807) is 0 Å². The first kappa shape index (κ1) is 9.52. The zero-order chi connectivity index (χ0) is 8.97. The van der Waals surface area contributed by atoms with Crippen LogP contribution in [0.1, 0.15) is 32.1 Å². The van der Waals surface area contributed by atoms with Gasteiger partial charge in [-0.1, -0.05) is 6.42 Å². The van der Waals surface area contributed by atoms with Crippen molar-refractivity contribution in [3.05, 3.63) is 0 Å². The van der Waals surface area contributed by atoms with Gasteiger partial charge in [-0.3, -0.25) is 4.79 Å². The molecule has 70 valence electrons. The van der Waals surface area contributed by atoms with Gasteiger partial charge >= 0.3 is 5.97 Å². The number of carbonyl (C=O) groups excluding carboxylic acids is 1. The molecule has 0 aliphatic heterocycles. The minimum Gasteiger partial charge on any atom is -0.469 e. The second-order valence-corrected chi connectivity index (χ2v) is 3.37. The third-order valence-electron chi connectivity index (χ3n) is 2.57. The van der Waals surface area contributed by atoms with Gasteiger partial charge in [0.1, 0.15) is 0 Å². The van der Waals surface area contributed by atoms with Crippen LogP contribution in [0.5, 0.6) is 0 Å².